The number of likely N-dealkylation sites (N-methyl/N-ethyl adjacent to an activating group) is 1. The molecule has 0 radical (unpaired) electrons. The fourth-order valence-corrected chi connectivity index (χ4v) is 1.88. The van der Waals surface area contributed by atoms with Crippen LogP contribution in [-0.2, 0) is 4.79 Å². The first kappa shape index (κ1) is 16.4. The molecule has 0 aliphatic heterocycles. The van der Waals surface area contributed by atoms with Crippen molar-refractivity contribution < 1.29 is 15.0 Å². The van der Waals surface area contributed by atoms with Gasteiger partial charge in [-0.05, 0) is 31.2 Å². The van der Waals surface area contributed by atoms with E-state index in [-0.39, 0.29) is 11.7 Å². The number of phenols is 1. The van der Waals surface area contributed by atoms with Crippen LogP contribution in [-0.4, -0.2) is 29.3 Å². The monoisotopic (exact) mass is 253 g/mol. The molecule has 0 amide bonds. The summed E-state index contributed by atoms with van der Waals surface area (Å²) >= 11 is 0. The lowest BCUT2D eigenvalue weighted by Crippen LogP contribution is -2.39. The van der Waals surface area contributed by atoms with Crippen molar-refractivity contribution in [3.63, 3.8) is 0 Å². The molecule has 0 aliphatic carbocycles. The summed E-state index contributed by atoms with van der Waals surface area (Å²) in [6.45, 7) is 5.95. The van der Waals surface area contributed by atoms with Crippen LogP contribution in [0.4, 0.5) is 0 Å². The number of carboxylic acid groups (broad SMARTS) is 1. The SMILES string of the molecule is CC.CCC(c1ccc(O)cc1)C(NC)C(=O)O. The summed E-state index contributed by atoms with van der Waals surface area (Å²) in [5, 5.41) is 21.1. The van der Waals surface area contributed by atoms with Crippen LogP contribution in [0.1, 0.15) is 38.7 Å². The van der Waals surface area contributed by atoms with E-state index in [0.717, 1.165) is 12.0 Å². The average molecular weight is 253 g/mol. The van der Waals surface area contributed by atoms with Gasteiger partial charge in [0.2, 0.25) is 0 Å². The molecule has 0 aliphatic rings. The van der Waals surface area contributed by atoms with Gasteiger partial charge in [-0.1, -0.05) is 32.9 Å². The first-order chi connectivity index (χ1) is 8.60. The van der Waals surface area contributed by atoms with E-state index in [2.05, 4.69) is 5.32 Å². The Kier molecular flexibility index (Phi) is 7.79. The van der Waals surface area contributed by atoms with Crippen LogP contribution in [0.3, 0.4) is 0 Å². The molecule has 0 saturated carbocycles. The lowest BCUT2D eigenvalue weighted by Gasteiger charge is -2.22. The van der Waals surface area contributed by atoms with E-state index in [1.54, 1.807) is 31.3 Å². The number of benzene rings is 1. The van der Waals surface area contributed by atoms with Crippen molar-refractivity contribution in [1.29, 1.82) is 0 Å². The maximum atomic E-state index is 11.1. The van der Waals surface area contributed by atoms with Gasteiger partial charge in [0.05, 0.1) is 0 Å². The van der Waals surface area contributed by atoms with Crippen molar-refractivity contribution in [2.45, 2.75) is 39.2 Å². The minimum Gasteiger partial charge on any atom is -0.508 e. The number of aromatic hydroxyl groups is 1. The van der Waals surface area contributed by atoms with Crippen LogP contribution in [0.25, 0.3) is 0 Å². The molecule has 3 N–H and O–H groups in total. The smallest absolute Gasteiger partial charge is 0.321 e. The summed E-state index contributed by atoms with van der Waals surface area (Å²) in [5.41, 5.74) is 0.919. The van der Waals surface area contributed by atoms with Gasteiger partial charge in [0, 0.05) is 5.92 Å². The van der Waals surface area contributed by atoms with E-state index >= 15 is 0 Å². The Hall–Kier alpha value is -1.55. The summed E-state index contributed by atoms with van der Waals surface area (Å²) < 4.78 is 0. The molecule has 2 atom stereocenters. The summed E-state index contributed by atoms with van der Waals surface area (Å²) in [4.78, 5) is 11.1. The highest BCUT2D eigenvalue weighted by molar-refractivity contribution is 5.75. The topological polar surface area (TPSA) is 69.6 Å². The minimum absolute atomic E-state index is 0.0944. The molecule has 0 fully saturated rings. The summed E-state index contributed by atoms with van der Waals surface area (Å²) in [6.07, 6.45) is 0.725. The fourth-order valence-electron chi connectivity index (χ4n) is 1.88. The van der Waals surface area contributed by atoms with Crippen LogP contribution in [0.5, 0.6) is 5.75 Å². The predicted octanol–water partition coefficient (Wildman–Crippen LogP) is 2.58. The van der Waals surface area contributed by atoms with E-state index < -0.39 is 12.0 Å². The zero-order valence-corrected chi connectivity index (χ0v) is 11.5. The van der Waals surface area contributed by atoms with Gasteiger partial charge in [-0.25, -0.2) is 0 Å². The number of rotatable bonds is 5. The van der Waals surface area contributed by atoms with Crippen molar-refractivity contribution >= 4 is 5.97 Å². The first-order valence-corrected chi connectivity index (χ1v) is 6.29. The van der Waals surface area contributed by atoms with Gasteiger partial charge in [-0.2, -0.15) is 0 Å². The Labute approximate surface area is 109 Å². The first-order valence-electron chi connectivity index (χ1n) is 6.29. The average Bonchev–Trinajstić information content (AvgIpc) is 2.39. The van der Waals surface area contributed by atoms with E-state index in [1.165, 1.54) is 0 Å². The van der Waals surface area contributed by atoms with Gasteiger partial charge in [0.1, 0.15) is 11.8 Å². The minimum atomic E-state index is -0.859. The summed E-state index contributed by atoms with van der Waals surface area (Å²) in [6, 6.07) is 6.07. The van der Waals surface area contributed by atoms with Crippen molar-refractivity contribution in [3.05, 3.63) is 29.8 Å². The van der Waals surface area contributed by atoms with Gasteiger partial charge >= 0.3 is 5.97 Å². The van der Waals surface area contributed by atoms with Gasteiger partial charge < -0.3 is 15.5 Å². The highest BCUT2D eigenvalue weighted by atomic mass is 16.4. The molecule has 18 heavy (non-hydrogen) atoms. The van der Waals surface area contributed by atoms with Crippen LogP contribution in [0, 0.1) is 0 Å². The quantitative estimate of drug-likeness (QED) is 0.754. The fraction of sp³-hybridized carbons (Fsp3) is 0.500. The Morgan fingerprint density at radius 1 is 1.28 bits per heavy atom. The maximum absolute atomic E-state index is 11.1. The van der Waals surface area contributed by atoms with E-state index in [1.807, 2.05) is 20.8 Å². The van der Waals surface area contributed by atoms with Crippen LogP contribution in [0.15, 0.2) is 24.3 Å². The molecule has 0 saturated heterocycles. The second-order valence-corrected chi connectivity index (χ2v) is 3.71. The van der Waals surface area contributed by atoms with Crippen molar-refractivity contribution in [2.24, 2.45) is 0 Å². The summed E-state index contributed by atoms with van der Waals surface area (Å²) in [5.74, 6) is -0.763. The number of aliphatic carboxylic acids is 1. The van der Waals surface area contributed by atoms with Gasteiger partial charge in [-0.15, -0.1) is 0 Å². The Bertz CT molecular complexity index is 349. The third kappa shape index (κ3) is 4.37. The molecule has 0 spiro atoms. The zero-order chi connectivity index (χ0) is 14.1. The van der Waals surface area contributed by atoms with Gasteiger partial charge in [0.15, 0.2) is 0 Å². The van der Waals surface area contributed by atoms with Gasteiger partial charge in [-0.3, -0.25) is 4.79 Å². The lowest BCUT2D eigenvalue weighted by atomic mass is 9.89. The third-order valence-electron chi connectivity index (χ3n) is 2.74. The third-order valence-corrected chi connectivity index (χ3v) is 2.74. The van der Waals surface area contributed by atoms with Gasteiger partial charge in [0.25, 0.3) is 0 Å². The Morgan fingerprint density at radius 3 is 2.11 bits per heavy atom. The molecule has 0 heterocycles. The lowest BCUT2D eigenvalue weighted by molar-refractivity contribution is -0.140. The molecule has 4 heteroatoms. The maximum Gasteiger partial charge on any atom is 0.321 e. The number of carboxylic acids is 1. The molecule has 1 aromatic carbocycles. The molecule has 1 rings (SSSR count). The van der Waals surface area contributed by atoms with Crippen LogP contribution in [0.2, 0.25) is 0 Å². The number of carbonyl (C=O) groups is 1. The zero-order valence-electron chi connectivity index (χ0n) is 11.5. The largest absolute Gasteiger partial charge is 0.508 e. The molecule has 102 valence electrons. The second-order valence-electron chi connectivity index (χ2n) is 3.71. The number of nitrogens with one attached hydrogen (secondary N) is 1. The molecule has 1 aromatic rings. The molecule has 0 bridgehead atoms. The highest BCUT2D eigenvalue weighted by Gasteiger charge is 2.26. The number of hydrogen-bond donors (Lipinski definition) is 3. The highest BCUT2D eigenvalue weighted by Crippen LogP contribution is 2.25. The van der Waals surface area contributed by atoms with Crippen molar-refractivity contribution in [3.8, 4) is 5.75 Å². The Morgan fingerprint density at radius 2 is 1.78 bits per heavy atom. The van der Waals surface area contributed by atoms with Crippen LogP contribution >= 0.6 is 0 Å². The van der Waals surface area contributed by atoms with E-state index in [4.69, 9.17) is 5.11 Å². The second kappa shape index (κ2) is 8.53. The van der Waals surface area contributed by atoms with Crippen molar-refractivity contribution in [2.75, 3.05) is 7.05 Å². The Balaban J connectivity index is 0.00000137. The molecular weight excluding hydrogens is 230 g/mol. The number of phenolic OH excluding ortho intramolecular Hbond substituents is 1. The predicted molar refractivity (Wildman–Crippen MR) is 73.0 cm³/mol. The molecule has 2 unspecified atom stereocenters. The molecule has 4 nitrogen and oxygen atoms in total. The number of hydrogen-bond acceptors (Lipinski definition) is 3. The van der Waals surface area contributed by atoms with E-state index in [0.29, 0.717) is 0 Å². The normalized spacial score (nSPS) is 13.1. The molecular formula is C14H23NO3. The van der Waals surface area contributed by atoms with E-state index in [9.17, 15) is 9.90 Å². The molecule has 0 aromatic heterocycles. The van der Waals surface area contributed by atoms with Crippen molar-refractivity contribution in [1.82, 2.24) is 5.32 Å². The summed E-state index contributed by atoms with van der Waals surface area (Å²) in [7, 11) is 1.64. The standard InChI is InChI=1S/C12H17NO3.C2H6/c1-3-10(11(13-2)12(15)16)8-4-6-9(14)7-5-8;1-2/h4-7,10-11,13-14H,3H2,1-2H3,(H,15,16);1-2H3. The van der Waals surface area contributed by atoms with Crippen LogP contribution < -0.4 is 5.32 Å².